The van der Waals surface area contributed by atoms with Crippen LogP contribution in [-0.2, 0) is 0 Å². The number of nitrogens with one attached hydrogen (secondary N) is 1. The maximum absolute atomic E-state index is 5.49. The number of aryl methyl sites for hydroxylation is 2. The van der Waals surface area contributed by atoms with Crippen LogP contribution >= 0.6 is 0 Å². The first-order chi connectivity index (χ1) is 12.6. The smallest absolute Gasteiger partial charge is 0.231 e. The second-order valence-corrected chi connectivity index (χ2v) is 7.18. The molecular formula is C20H26N4O2. The molecule has 0 bridgehead atoms. The Morgan fingerprint density at radius 2 is 1.85 bits per heavy atom. The summed E-state index contributed by atoms with van der Waals surface area (Å²) in [7, 11) is 0. The number of nitrogens with zero attached hydrogens (tertiary/aromatic N) is 3. The number of hydrogen-bond acceptors (Lipinski definition) is 6. The van der Waals surface area contributed by atoms with Gasteiger partial charge in [0.05, 0.1) is 0 Å². The molecule has 2 aliphatic heterocycles. The van der Waals surface area contributed by atoms with Crippen molar-refractivity contribution in [1.29, 1.82) is 0 Å². The summed E-state index contributed by atoms with van der Waals surface area (Å²) in [6, 6.07) is 9.07. The number of ether oxygens (including phenoxy) is 2. The van der Waals surface area contributed by atoms with Crippen molar-refractivity contribution in [2.24, 2.45) is 0 Å². The molecule has 4 rings (SSSR count). The molecule has 0 amide bonds. The van der Waals surface area contributed by atoms with Crippen LogP contribution in [0.1, 0.15) is 42.9 Å². The third-order valence-electron chi connectivity index (χ3n) is 5.15. The molecule has 3 heterocycles. The molecule has 1 aromatic carbocycles. The SMILES string of the molecule is Cc1cc(N2CCC(NC(C)c3ccc4c(c3)OCO4)CC2)nc(C)n1. The molecule has 1 fully saturated rings. The summed E-state index contributed by atoms with van der Waals surface area (Å²) in [5, 5.41) is 3.77. The maximum atomic E-state index is 5.49. The number of hydrogen-bond donors (Lipinski definition) is 1. The van der Waals surface area contributed by atoms with Crippen LogP contribution in [0.4, 0.5) is 5.82 Å². The maximum Gasteiger partial charge on any atom is 0.231 e. The van der Waals surface area contributed by atoms with Gasteiger partial charge in [-0.1, -0.05) is 6.07 Å². The Morgan fingerprint density at radius 1 is 1.08 bits per heavy atom. The van der Waals surface area contributed by atoms with Crippen LogP contribution in [0.3, 0.4) is 0 Å². The van der Waals surface area contributed by atoms with Gasteiger partial charge in [-0.25, -0.2) is 9.97 Å². The second-order valence-electron chi connectivity index (χ2n) is 7.18. The molecule has 138 valence electrons. The lowest BCUT2D eigenvalue weighted by atomic mass is 10.0. The van der Waals surface area contributed by atoms with Crippen LogP contribution in [0.5, 0.6) is 11.5 Å². The Hall–Kier alpha value is -2.34. The van der Waals surface area contributed by atoms with Crippen molar-refractivity contribution in [1.82, 2.24) is 15.3 Å². The summed E-state index contributed by atoms with van der Waals surface area (Å²) < 4.78 is 10.9. The highest BCUT2D eigenvalue weighted by molar-refractivity contribution is 5.45. The van der Waals surface area contributed by atoms with Gasteiger partial charge in [0.1, 0.15) is 11.6 Å². The Labute approximate surface area is 154 Å². The van der Waals surface area contributed by atoms with Crippen LogP contribution in [0.25, 0.3) is 0 Å². The Balaban J connectivity index is 1.35. The molecule has 2 aromatic rings. The van der Waals surface area contributed by atoms with Gasteiger partial charge in [0.2, 0.25) is 6.79 Å². The van der Waals surface area contributed by atoms with E-state index in [0.717, 1.165) is 54.8 Å². The minimum Gasteiger partial charge on any atom is -0.454 e. The average molecular weight is 354 g/mol. The topological polar surface area (TPSA) is 59.5 Å². The van der Waals surface area contributed by atoms with E-state index in [-0.39, 0.29) is 6.04 Å². The molecule has 2 aliphatic rings. The molecule has 26 heavy (non-hydrogen) atoms. The predicted molar refractivity (Wildman–Crippen MR) is 101 cm³/mol. The van der Waals surface area contributed by atoms with E-state index in [4.69, 9.17) is 9.47 Å². The van der Waals surface area contributed by atoms with E-state index in [1.54, 1.807) is 0 Å². The van der Waals surface area contributed by atoms with Crippen molar-refractivity contribution >= 4 is 5.82 Å². The van der Waals surface area contributed by atoms with Gasteiger partial charge in [-0.15, -0.1) is 0 Å². The van der Waals surface area contributed by atoms with Crippen molar-refractivity contribution in [2.75, 3.05) is 24.8 Å². The minimum absolute atomic E-state index is 0.282. The Bertz CT molecular complexity index is 767. The Morgan fingerprint density at radius 3 is 2.62 bits per heavy atom. The largest absolute Gasteiger partial charge is 0.454 e. The molecule has 6 nitrogen and oxygen atoms in total. The van der Waals surface area contributed by atoms with Crippen molar-refractivity contribution in [3.05, 3.63) is 41.3 Å². The standard InChI is InChI=1S/C20H26N4O2/c1-13-10-20(23-15(3)21-13)24-8-6-17(7-9-24)22-14(2)16-4-5-18-19(11-16)26-12-25-18/h4-5,10-11,14,17,22H,6-9,12H2,1-3H3. The van der Waals surface area contributed by atoms with Crippen LogP contribution in [-0.4, -0.2) is 35.9 Å². The van der Waals surface area contributed by atoms with Gasteiger partial charge in [0.25, 0.3) is 0 Å². The zero-order valence-electron chi connectivity index (χ0n) is 15.7. The lowest BCUT2D eigenvalue weighted by Gasteiger charge is -2.35. The van der Waals surface area contributed by atoms with E-state index in [0.29, 0.717) is 12.8 Å². The number of aromatic nitrogens is 2. The van der Waals surface area contributed by atoms with E-state index in [2.05, 4.69) is 45.3 Å². The van der Waals surface area contributed by atoms with Crippen LogP contribution in [0, 0.1) is 13.8 Å². The highest BCUT2D eigenvalue weighted by Gasteiger charge is 2.23. The monoisotopic (exact) mass is 354 g/mol. The summed E-state index contributed by atoms with van der Waals surface area (Å²) in [6.45, 7) is 8.54. The number of benzene rings is 1. The summed E-state index contributed by atoms with van der Waals surface area (Å²) in [5.74, 6) is 3.58. The fourth-order valence-corrected chi connectivity index (χ4v) is 3.77. The van der Waals surface area contributed by atoms with Crippen molar-refractivity contribution in [3.63, 3.8) is 0 Å². The molecule has 6 heteroatoms. The van der Waals surface area contributed by atoms with Gasteiger partial charge in [-0.2, -0.15) is 0 Å². The average Bonchev–Trinajstić information content (AvgIpc) is 3.09. The van der Waals surface area contributed by atoms with Crippen LogP contribution < -0.4 is 19.7 Å². The molecule has 1 aromatic heterocycles. The second kappa shape index (κ2) is 7.11. The van der Waals surface area contributed by atoms with Crippen LogP contribution in [0.2, 0.25) is 0 Å². The lowest BCUT2D eigenvalue weighted by Crippen LogP contribution is -2.43. The quantitative estimate of drug-likeness (QED) is 0.910. The molecule has 1 saturated heterocycles. The number of anilines is 1. The molecule has 1 unspecified atom stereocenters. The zero-order valence-corrected chi connectivity index (χ0v) is 15.7. The van der Waals surface area contributed by atoms with Crippen LogP contribution in [0.15, 0.2) is 24.3 Å². The molecule has 0 saturated carbocycles. The van der Waals surface area contributed by atoms with Gasteiger partial charge in [0.15, 0.2) is 11.5 Å². The van der Waals surface area contributed by atoms with Gasteiger partial charge in [-0.05, 0) is 51.3 Å². The summed E-state index contributed by atoms with van der Waals surface area (Å²) >= 11 is 0. The first-order valence-electron chi connectivity index (χ1n) is 9.31. The van der Waals surface area contributed by atoms with E-state index in [9.17, 15) is 0 Å². The van der Waals surface area contributed by atoms with E-state index < -0.39 is 0 Å². The van der Waals surface area contributed by atoms with Crippen molar-refractivity contribution in [3.8, 4) is 11.5 Å². The highest BCUT2D eigenvalue weighted by atomic mass is 16.7. The van der Waals surface area contributed by atoms with Gasteiger partial charge in [0, 0.05) is 36.9 Å². The van der Waals surface area contributed by atoms with Crippen molar-refractivity contribution < 1.29 is 9.47 Å². The number of piperidine rings is 1. The van der Waals surface area contributed by atoms with E-state index in [1.807, 2.05) is 19.9 Å². The highest BCUT2D eigenvalue weighted by Crippen LogP contribution is 2.34. The van der Waals surface area contributed by atoms with Gasteiger partial charge < -0.3 is 19.7 Å². The number of fused-ring (bicyclic) bond motifs is 1. The van der Waals surface area contributed by atoms with Gasteiger partial charge >= 0.3 is 0 Å². The van der Waals surface area contributed by atoms with Crippen molar-refractivity contribution in [2.45, 2.75) is 45.7 Å². The fourth-order valence-electron chi connectivity index (χ4n) is 3.77. The zero-order chi connectivity index (χ0) is 18.1. The Kier molecular flexibility index (Phi) is 4.68. The first kappa shape index (κ1) is 17.1. The summed E-state index contributed by atoms with van der Waals surface area (Å²) in [4.78, 5) is 11.3. The summed E-state index contributed by atoms with van der Waals surface area (Å²) in [5.41, 5.74) is 2.27. The van der Waals surface area contributed by atoms with E-state index >= 15 is 0 Å². The molecule has 0 radical (unpaired) electrons. The third kappa shape index (κ3) is 3.60. The third-order valence-corrected chi connectivity index (χ3v) is 5.15. The fraction of sp³-hybridized carbons (Fsp3) is 0.500. The summed E-state index contributed by atoms with van der Waals surface area (Å²) in [6.07, 6.45) is 2.22. The predicted octanol–water partition coefficient (Wildman–Crippen LogP) is 3.14. The molecular weight excluding hydrogens is 328 g/mol. The van der Waals surface area contributed by atoms with E-state index in [1.165, 1.54) is 5.56 Å². The number of rotatable bonds is 4. The lowest BCUT2D eigenvalue weighted by molar-refractivity contribution is 0.174. The molecule has 0 aliphatic carbocycles. The molecule has 0 spiro atoms. The molecule has 1 N–H and O–H groups in total. The minimum atomic E-state index is 0.282. The van der Waals surface area contributed by atoms with Gasteiger partial charge in [-0.3, -0.25) is 0 Å². The molecule has 1 atom stereocenters. The first-order valence-corrected chi connectivity index (χ1v) is 9.31. The normalized spacial score (nSPS) is 18.2.